The van der Waals surface area contributed by atoms with Crippen LogP contribution in [0.25, 0.3) is 0 Å². The Labute approximate surface area is 120 Å². The lowest BCUT2D eigenvalue weighted by molar-refractivity contribution is 0.232. The molecule has 0 amide bonds. The molecular weight excluding hydrogens is 258 g/mol. The van der Waals surface area contributed by atoms with Crippen LogP contribution in [0, 0.1) is 11.3 Å². The molecule has 3 nitrogen and oxygen atoms in total. The predicted molar refractivity (Wildman–Crippen MR) is 79.7 cm³/mol. The molecule has 0 aromatic heterocycles. The summed E-state index contributed by atoms with van der Waals surface area (Å²) in [6, 6.07) is 8.34. The van der Waals surface area contributed by atoms with Gasteiger partial charge in [-0.2, -0.15) is 5.26 Å². The van der Waals surface area contributed by atoms with Crippen molar-refractivity contribution in [1.29, 1.82) is 5.26 Å². The number of nitrogens with zero attached hydrogens (tertiary/aromatic N) is 3. The molecule has 1 saturated heterocycles. The number of likely N-dealkylation sites (N-methyl/N-ethyl adjacent to an activating group) is 1. The van der Waals surface area contributed by atoms with Gasteiger partial charge in [0.2, 0.25) is 0 Å². The highest BCUT2D eigenvalue weighted by atomic mass is 35.5. The van der Waals surface area contributed by atoms with Gasteiger partial charge in [0.15, 0.2) is 0 Å². The fraction of sp³-hybridized carbons (Fsp3) is 0.533. The van der Waals surface area contributed by atoms with E-state index >= 15 is 0 Å². The zero-order valence-electron chi connectivity index (χ0n) is 11.6. The molecule has 0 saturated carbocycles. The Hall–Kier alpha value is -1.24. The number of hydrogen-bond donors (Lipinski definition) is 0. The van der Waals surface area contributed by atoms with Crippen molar-refractivity contribution < 1.29 is 0 Å². The summed E-state index contributed by atoms with van der Waals surface area (Å²) in [6.45, 7) is 8.54. The topological polar surface area (TPSA) is 30.3 Å². The number of hydrogen-bond acceptors (Lipinski definition) is 3. The van der Waals surface area contributed by atoms with Gasteiger partial charge in [-0.3, -0.25) is 4.90 Å². The minimum absolute atomic E-state index is 0.584. The third-order valence-corrected chi connectivity index (χ3v) is 4.15. The molecule has 2 rings (SSSR count). The van der Waals surface area contributed by atoms with E-state index in [1.54, 1.807) is 6.07 Å². The molecule has 0 spiro atoms. The molecule has 1 atom stereocenters. The van der Waals surface area contributed by atoms with Crippen molar-refractivity contribution in [2.75, 3.05) is 31.1 Å². The van der Waals surface area contributed by atoms with Crippen molar-refractivity contribution in [2.45, 2.75) is 26.3 Å². The molecule has 4 heteroatoms. The first-order valence-corrected chi connectivity index (χ1v) is 7.26. The van der Waals surface area contributed by atoms with Crippen LogP contribution in [0.15, 0.2) is 18.2 Å². The van der Waals surface area contributed by atoms with Gasteiger partial charge in [-0.25, -0.2) is 0 Å². The molecule has 1 fully saturated rings. The van der Waals surface area contributed by atoms with Crippen LogP contribution < -0.4 is 4.90 Å². The van der Waals surface area contributed by atoms with Crippen molar-refractivity contribution in [3.05, 3.63) is 28.8 Å². The smallest absolute Gasteiger partial charge is 0.101 e. The fourth-order valence-corrected chi connectivity index (χ4v) is 3.03. The Bertz CT molecular complexity index is 477. The van der Waals surface area contributed by atoms with Gasteiger partial charge < -0.3 is 4.90 Å². The first kappa shape index (κ1) is 14.2. The molecule has 1 aliphatic rings. The molecular formula is C15H20ClN3. The summed E-state index contributed by atoms with van der Waals surface area (Å²) >= 11 is 6.06. The van der Waals surface area contributed by atoms with Crippen LogP contribution in [0.1, 0.15) is 25.8 Å². The molecule has 0 radical (unpaired) electrons. The summed E-state index contributed by atoms with van der Waals surface area (Å²) in [5.41, 5.74) is 1.69. The van der Waals surface area contributed by atoms with Crippen LogP contribution in [-0.4, -0.2) is 37.1 Å². The molecule has 0 aliphatic carbocycles. The molecule has 0 N–H and O–H groups in total. The van der Waals surface area contributed by atoms with Gasteiger partial charge >= 0.3 is 0 Å². The Kier molecular flexibility index (Phi) is 4.68. The minimum Gasteiger partial charge on any atom is -0.369 e. The van der Waals surface area contributed by atoms with Gasteiger partial charge in [-0.1, -0.05) is 25.4 Å². The van der Waals surface area contributed by atoms with E-state index in [-0.39, 0.29) is 0 Å². The van der Waals surface area contributed by atoms with Crippen molar-refractivity contribution in [1.82, 2.24) is 4.90 Å². The number of halogens is 1. The lowest BCUT2D eigenvalue weighted by atomic mass is 10.2. The summed E-state index contributed by atoms with van der Waals surface area (Å²) in [5.74, 6) is 0. The van der Waals surface area contributed by atoms with E-state index in [9.17, 15) is 5.26 Å². The van der Waals surface area contributed by atoms with Crippen molar-refractivity contribution in [3.8, 4) is 6.07 Å². The zero-order valence-corrected chi connectivity index (χ0v) is 12.3. The monoisotopic (exact) mass is 277 g/mol. The molecule has 1 heterocycles. The van der Waals surface area contributed by atoms with Crippen LogP contribution in [0.5, 0.6) is 0 Å². The van der Waals surface area contributed by atoms with Crippen LogP contribution >= 0.6 is 11.6 Å². The predicted octanol–water partition coefficient (Wildman–Crippen LogP) is 3.13. The van der Waals surface area contributed by atoms with Gasteiger partial charge in [0.1, 0.15) is 6.07 Å². The average molecular weight is 278 g/mol. The number of benzene rings is 1. The lowest BCUT2D eigenvalue weighted by Gasteiger charge is -2.27. The largest absolute Gasteiger partial charge is 0.369 e. The van der Waals surface area contributed by atoms with Gasteiger partial charge in [-0.15, -0.1) is 0 Å². The van der Waals surface area contributed by atoms with Crippen molar-refractivity contribution >= 4 is 17.3 Å². The Balaban J connectivity index is 2.17. The minimum atomic E-state index is 0.584. The normalized spacial score (nSPS) is 18.9. The van der Waals surface area contributed by atoms with Crippen LogP contribution in [-0.2, 0) is 0 Å². The first-order chi connectivity index (χ1) is 9.19. The number of rotatable bonds is 4. The molecule has 19 heavy (non-hydrogen) atoms. The zero-order chi connectivity index (χ0) is 13.8. The van der Waals surface area contributed by atoms with E-state index in [4.69, 9.17) is 11.6 Å². The number of anilines is 1. The quantitative estimate of drug-likeness (QED) is 0.847. The summed E-state index contributed by atoms with van der Waals surface area (Å²) < 4.78 is 0. The van der Waals surface area contributed by atoms with E-state index in [2.05, 4.69) is 29.7 Å². The second kappa shape index (κ2) is 6.27. The third kappa shape index (κ3) is 3.02. The molecule has 0 bridgehead atoms. The summed E-state index contributed by atoms with van der Waals surface area (Å²) in [7, 11) is 0. The van der Waals surface area contributed by atoms with Gasteiger partial charge in [0, 0.05) is 24.2 Å². The Morgan fingerprint density at radius 1 is 1.42 bits per heavy atom. The lowest BCUT2D eigenvalue weighted by Crippen LogP contribution is -2.37. The first-order valence-electron chi connectivity index (χ1n) is 6.88. The maximum atomic E-state index is 9.21. The molecule has 1 aromatic rings. The van der Waals surface area contributed by atoms with Crippen LogP contribution in [0.3, 0.4) is 0 Å². The average Bonchev–Trinajstić information content (AvgIpc) is 2.89. The van der Waals surface area contributed by atoms with Gasteiger partial charge in [0.05, 0.1) is 11.3 Å². The van der Waals surface area contributed by atoms with Gasteiger partial charge in [-0.05, 0) is 37.7 Å². The van der Waals surface area contributed by atoms with E-state index in [0.717, 1.165) is 38.3 Å². The molecule has 1 unspecified atom stereocenters. The van der Waals surface area contributed by atoms with E-state index < -0.39 is 0 Å². The maximum Gasteiger partial charge on any atom is 0.101 e. The molecule has 102 valence electrons. The standard InChI is InChI=1S/C15H20ClN3/c1-3-18(4-2)14-7-8-19(11-14)15-9-13(16)6-5-12(15)10-17/h5-6,9,14H,3-4,7-8,11H2,1-2H3. The maximum absolute atomic E-state index is 9.21. The fourth-order valence-electron chi connectivity index (χ4n) is 2.86. The highest BCUT2D eigenvalue weighted by Crippen LogP contribution is 2.28. The van der Waals surface area contributed by atoms with Crippen LogP contribution in [0.2, 0.25) is 5.02 Å². The SMILES string of the molecule is CCN(CC)C1CCN(c2cc(Cl)ccc2C#N)C1. The summed E-state index contributed by atoms with van der Waals surface area (Å²) in [6.07, 6.45) is 1.15. The Morgan fingerprint density at radius 2 is 2.16 bits per heavy atom. The summed E-state index contributed by atoms with van der Waals surface area (Å²) in [5, 5.41) is 9.90. The molecule has 1 aromatic carbocycles. The second-order valence-corrected chi connectivity index (χ2v) is 5.32. The second-order valence-electron chi connectivity index (χ2n) is 4.88. The highest BCUT2D eigenvalue weighted by molar-refractivity contribution is 6.30. The number of nitriles is 1. The van der Waals surface area contributed by atoms with E-state index in [1.165, 1.54) is 0 Å². The van der Waals surface area contributed by atoms with Crippen LogP contribution in [0.4, 0.5) is 5.69 Å². The van der Waals surface area contributed by atoms with E-state index in [0.29, 0.717) is 16.6 Å². The van der Waals surface area contributed by atoms with Crippen molar-refractivity contribution in [2.24, 2.45) is 0 Å². The Morgan fingerprint density at radius 3 is 2.79 bits per heavy atom. The third-order valence-electron chi connectivity index (χ3n) is 3.91. The van der Waals surface area contributed by atoms with Crippen molar-refractivity contribution in [3.63, 3.8) is 0 Å². The molecule has 1 aliphatic heterocycles. The van der Waals surface area contributed by atoms with Gasteiger partial charge in [0.25, 0.3) is 0 Å². The van der Waals surface area contributed by atoms with E-state index in [1.807, 2.05) is 12.1 Å². The summed E-state index contributed by atoms with van der Waals surface area (Å²) in [4.78, 5) is 4.77. The highest BCUT2D eigenvalue weighted by Gasteiger charge is 2.27.